The number of benzene rings is 4. The third-order valence-corrected chi connectivity index (χ3v) is 11.2. The predicted octanol–water partition coefficient (Wildman–Crippen LogP) is 13.0. The van der Waals surface area contributed by atoms with Crippen LogP contribution < -0.4 is 0 Å². The maximum absolute atomic E-state index is 5.14. The van der Waals surface area contributed by atoms with Gasteiger partial charge in [-0.1, -0.05) is 102 Å². The second-order valence-corrected chi connectivity index (χ2v) is 17.3. The Morgan fingerprint density at radius 3 is 1.56 bits per heavy atom. The summed E-state index contributed by atoms with van der Waals surface area (Å²) in [7, 11) is 0. The highest BCUT2D eigenvalue weighted by atomic mass is 15.1. The second-order valence-electron chi connectivity index (χ2n) is 17.3. The van der Waals surface area contributed by atoms with Gasteiger partial charge in [0.25, 0.3) is 0 Å². The van der Waals surface area contributed by atoms with E-state index in [4.69, 9.17) is 15.0 Å². The summed E-state index contributed by atoms with van der Waals surface area (Å²) in [6.07, 6.45) is 10.4. The fourth-order valence-corrected chi connectivity index (χ4v) is 8.09. The molecule has 4 aromatic heterocycles. The van der Waals surface area contributed by atoms with Crippen molar-refractivity contribution in [3.05, 3.63) is 150 Å². The summed E-state index contributed by atoms with van der Waals surface area (Å²) in [4.78, 5) is 24.5. The van der Waals surface area contributed by atoms with Gasteiger partial charge in [0.05, 0.1) is 16.7 Å². The number of allylic oxidation sites excluding steroid dienone is 2. The molecule has 6 nitrogen and oxygen atoms in total. The van der Waals surface area contributed by atoms with Crippen LogP contribution in [0.5, 0.6) is 0 Å². The molecule has 0 aliphatic heterocycles. The zero-order chi connectivity index (χ0) is 39.3. The van der Waals surface area contributed by atoms with Gasteiger partial charge in [0.15, 0.2) is 17.5 Å². The summed E-state index contributed by atoms with van der Waals surface area (Å²) >= 11 is 0. The Bertz CT molecular complexity index is 2660. The van der Waals surface area contributed by atoms with Crippen molar-refractivity contribution >= 4 is 27.4 Å². The predicted molar refractivity (Wildman–Crippen MR) is 235 cm³/mol. The number of pyridine rings is 2. The minimum Gasteiger partial charge on any atom is -0.308 e. The molecule has 8 aromatic rings. The first kappa shape index (κ1) is 36.4. The number of hydrogen-bond donors (Lipinski definition) is 0. The van der Waals surface area contributed by atoms with Crippen LogP contribution in [0, 0.1) is 0 Å². The maximum atomic E-state index is 5.14. The summed E-state index contributed by atoms with van der Waals surface area (Å²) in [6.45, 7) is 13.8. The standard InChI is InChI=1S/C51H48N6/c1-50(2,3)36-23-25-44-40(31-36)41-32-37(51(4,5)6)24-26-45(41)57(44)46-38(33-17-9-7-10-18-33)29-35(30-39(46)34-19-11-8-12-20-34)47-54-48(42-21-13-15-27-52-42)56-49(55-47)43-22-14-16-28-53-43/h7,9-10,13-19,21-32H,8,11-12,20H2,1-6H3. The lowest BCUT2D eigenvalue weighted by molar-refractivity contribution is 0.590. The number of aromatic nitrogens is 6. The van der Waals surface area contributed by atoms with Crippen molar-refractivity contribution in [1.82, 2.24) is 29.5 Å². The first-order valence-corrected chi connectivity index (χ1v) is 20.1. The molecule has 1 aliphatic carbocycles. The molecule has 0 radical (unpaired) electrons. The van der Waals surface area contributed by atoms with Gasteiger partial charge in [-0.15, -0.1) is 0 Å². The van der Waals surface area contributed by atoms with Crippen LogP contribution in [0.15, 0.2) is 134 Å². The summed E-state index contributed by atoms with van der Waals surface area (Å²) in [5, 5.41) is 2.54. The molecule has 57 heavy (non-hydrogen) atoms. The van der Waals surface area contributed by atoms with E-state index < -0.39 is 0 Å². The fourth-order valence-electron chi connectivity index (χ4n) is 8.09. The molecule has 0 N–H and O–H groups in total. The molecule has 0 atom stereocenters. The van der Waals surface area contributed by atoms with Crippen LogP contribution in [0.4, 0.5) is 0 Å². The van der Waals surface area contributed by atoms with E-state index in [-0.39, 0.29) is 10.8 Å². The normalized spacial score (nSPS) is 13.6. The highest BCUT2D eigenvalue weighted by Gasteiger charge is 2.26. The topological polar surface area (TPSA) is 69.4 Å². The average Bonchev–Trinajstić information content (AvgIpc) is 3.56. The molecule has 0 bridgehead atoms. The molecule has 0 unspecified atom stereocenters. The van der Waals surface area contributed by atoms with E-state index in [0.29, 0.717) is 28.9 Å². The summed E-state index contributed by atoms with van der Waals surface area (Å²) in [5.41, 5.74) is 13.3. The van der Waals surface area contributed by atoms with Gasteiger partial charge in [0.1, 0.15) is 11.4 Å². The Morgan fingerprint density at radius 1 is 0.509 bits per heavy atom. The number of hydrogen-bond acceptors (Lipinski definition) is 5. The van der Waals surface area contributed by atoms with Gasteiger partial charge in [-0.2, -0.15) is 0 Å². The van der Waals surface area contributed by atoms with Crippen molar-refractivity contribution < 1.29 is 0 Å². The first-order chi connectivity index (χ1) is 27.5. The van der Waals surface area contributed by atoms with Crippen molar-refractivity contribution in [3.8, 4) is 51.2 Å². The third kappa shape index (κ3) is 6.94. The molecule has 4 heterocycles. The lowest BCUT2D eigenvalue weighted by atomic mass is 9.85. The molecule has 0 saturated heterocycles. The Hall–Kier alpha value is -6.27. The molecule has 9 rings (SSSR count). The quantitative estimate of drug-likeness (QED) is 0.170. The molecular formula is C51H48N6. The maximum Gasteiger partial charge on any atom is 0.182 e. The van der Waals surface area contributed by atoms with Gasteiger partial charge < -0.3 is 4.57 Å². The van der Waals surface area contributed by atoms with E-state index in [0.717, 1.165) is 36.0 Å². The van der Waals surface area contributed by atoms with Crippen molar-refractivity contribution in [2.45, 2.75) is 78.1 Å². The Kier molecular flexibility index (Phi) is 9.15. The molecule has 6 heteroatoms. The molecule has 0 fully saturated rings. The average molecular weight is 745 g/mol. The number of rotatable bonds is 6. The van der Waals surface area contributed by atoms with Gasteiger partial charge in [-0.25, -0.2) is 15.0 Å². The van der Waals surface area contributed by atoms with Crippen molar-refractivity contribution in [2.24, 2.45) is 0 Å². The molecule has 0 amide bonds. The molecular weight excluding hydrogens is 697 g/mol. The van der Waals surface area contributed by atoms with E-state index in [1.807, 2.05) is 36.4 Å². The van der Waals surface area contributed by atoms with Crippen LogP contribution in [0.25, 0.3) is 78.6 Å². The molecule has 1 aliphatic rings. The van der Waals surface area contributed by atoms with E-state index in [9.17, 15) is 0 Å². The van der Waals surface area contributed by atoms with E-state index in [1.54, 1.807) is 12.4 Å². The highest BCUT2D eigenvalue weighted by molar-refractivity contribution is 6.11. The van der Waals surface area contributed by atoms with E-state index in [1.165, 1.54) is 56.2 Å². The van der Waals surface area contributed by atoms with Crippen molar-refractivity contribution in [2.75, 3.05) is 0 Å². The summed E-state index contributed by atoms with van der Waals surface area (Å²) in [5.74, 6) is 1.60. The van der Waals surface area contributed by atoms with Gasteiger partial charge in [-0.05, 0) is 119 Å². The minimum atomic E-state index is 0.00591. The van der Waals surface area contributed by atoms with Gasteiger partial charge in [0, 0.05) is 39.9 Å². The zero-order valence-corrected chi connectivity index (χ0v) is 33.7. The Balaban J connectivity index is 1.40. The summed E-state index contributed by atoms with van der Waals surface area (Å²) < 4.78 is 2.53. The monoisotopic (exact) mass is 744 g/mol. The van der Waals surface area contributed by atoms with Crippen LogP contribution in [-0.2, 0) is 10.8 Å². The lowest BCUT2D eigenvalue weighted by Gasteiger charge is -2.24. The zero-order valence-electron chi connectivity index (χ0n) is 33.7. The second kappa shape index (κ2) is 14.3. The highest BCUT2D eigenvalue weighted by Crippen LogP contribution is 2.45. The largest absolute Gasteiger partial charge is 0.308 e. The van der Waals surface area contributed by atoms with Crippen molar-refractivity contribution in [3.63, 3.8) is 0 Å². The number of fused-ring (bicyclic) bond motifs is 3. The SMILES string of the molecule is CC(C)(C)c1ccc2c(c1)c1cc(C(C)(C)C)ccc1n2-c1c(C2=CCCCC2)cc(-c2nc(-c3ccccn3)nc(-c3ccccn3)n2)cc1-c1ccccc1. The fraction of sp³-hybridized carbons (Fsp3) is 0.235. The minimum absolute atomic E-state index is 0.00591. The Morgan fingerprint density at radius 2 is 1.05 bits per heavy atom. The number of nitrogens with zero attached hydrogens (tertiary/aromatic N) is 6. The smallest absolute Gasteiger partial charge is 0.182 e. The van der Waals surface area contributed by atoms with Crippen LogP contribution in [0.1, 0.15) is 83.9 Å². The van der Waals surface area contributed by atoms with Gasteiger partial charge in [-0.3, -0.25) is 9.97 Å². The van der Waals surface area contributed by atoms with E-state index in [2.05, 4.69) is 141 Å². The van der Waals surface area contributed by atoms with Crippen LogP contribution in [0.3, 0.4) is 0 Å². The molecule has 0 spiro atoms. The van der Waals surface area contributed by atoms with Gasteiger partial charge in [0.2, 0.25) is 0 Å². The third-order valence-electron chi connectivity index (χ3n) is 11.2. The first-order valence-electron chi connectivity index (χ1n) is 20.1. The Labute approximate surface area is 335 Å². The van der Waals surface area contributed by atoms with Crippen molar-refractivity contribution in [1.29, 1.82) is 0 Å². The van der Waals surface area contributed by atoms with Crippen LogP contribution >= 0.6 is 0 Å². The molecule has 4 aromatic carbocycles. The van der Waals surface area contributed by atoms with E-state index >= 15 is 0 Å². The molecule has 0 saturated carbocycles. The molecule has 282 valence electrons. The summed E-state index contributed by atoms with van der Waals surface area (Å²) in [6, 6.07) is 41.2. The van der Waals surface area contributed by atoms with Gasteiger partial charge >= 0.3 is 0 Å². The van der Waals surface area contributed by atoms with Crippen LogP contribution in [0.2, 0.25) is 0 Å². The van der Waals surface area contributed by atoms with Crippen LogP contribution in [-0.4, -0.2) is 29.5 Å². The lowest BCUT2D eigenvalue weighted by Crippen LogP contribution is -2.10.